The molecule has 9 heteroatoms. The number of methoxy groups -OCH3 is 1. The van der Waals surface area contributed by atoms with Crippen molar-refractivity contribution in [3.8, 4) is 5.75 Å². The quantitative estimate of drug-likeness (QED) is 0.757. The molecule has 9 nitrogen and oxygen atoms in total. The van der Waals surface area contributed by atoms with Crippen LogP contribution >= 0.6 is 0 Å². The van der Waals surface area contributed by atoms with E-state index in [2.05, 4.69) is 40.3 Å². The fourth-order valence-electron chi connectivity index (χ4n) is 3.30. The van der Waals surface area contributed by atoms with E-state index in [4.69, 9.17) is 9.47 Å². The predicted molar refractivity (Wildman–Crippen MR) is 110 cm³/mol. The van der Waals surface area contributed by atoms with Gasteiger partial charge in [0.2, 0.25) is 5.95 Å². The first-order valence-corrected chi connectivity index (χ1v) is 9.86. The fraction of sp³-hybridized carbons (Fsp3) is 0.550. The first-order valence-electron chi connectivity index (χ1n) is 9.86. The summed E-state index contributed by atoms with van der Waals surface area (Å²) in [5, 5.41) is 11.5. The molecule has 29 heavy (non-hydrogen) atoms. The number of nitrogens with one attached hydrogen (secondary N) is 1. The first-order chi connectivity index (χ1) is 14.0. The summed E-state index contributed by atoms with van der Waals surface area (Å²) in [6, 6.07) is 6.01. The van der Waals surface area contributed by atoms with E-state index in [9.17, 15) is 4.79 Å². The maximum absolute atomic E-state index is 11.8. The third kappa shape index (κ3) is 4.97. The summed E-state index contributed by atoms with van der Waals surface area (Å²) in [5.41, 5.74) is 2.43. The third-order valence-corrected chi connectivity index (χ3v) is 5.24. The number of aromatic nitrogens is 3. The Balaban J connectivity index is 1.71. The number of benzene rings is 1. The second-order valence-electron chi connectivity index (χ2n) is 7.12. The van der Waals surface area contributed by atoms with E-state index >= 15 is 0 Å². The molecule has 3 rings (SSSR count). The summed E-state index contributed by atoms with van der Waals surface area (Å²) >= 11 is 0. The van der Waals surface area contributed by atoms with Gasteiger partial charge in [0.05, 0.1) is 13.2 Å². The molecule has 0 spiro atoms. The van der Waals surface area contributed by atoms with Gasteiger partial charge in [-0.2, -0.15) is 0 Å². The van der Waals surface area contributed by atoms with Crippen molar-refractivity contribution in [2.45, 2.75) is 27.0 Å². The molecule has 1 fully saturated rings. The van der Waals surface area contributed by atoms with E-state index in [1.165, 1.54) is 11.1 Å². The van der Waals surface area contributed by atoms with Crippen molar-refractivity contribution in [2.24, 2.45) is 0 Å². The number of amides is 2. The zero-order valence-electron chi connectivity index (χ0n) is 17.6. The zero-order chi connectivity index (χ0) is 20.8. The average molecular weight is 402 g/mol. The number of carbonyl (C=O) groups excluding carboxylic acids is 1. The van der Waals surface area contributed by atoms with Gasteiger partial charge in [-0.25, -0.2) is 4.79 Å². The van der Waals surface area contributed by atoms with Gasteiger partial charge in [-0.1, -0.05) is 6.07 Å². The van der Waals surface area contributed by atoms with Crippen molar-refractivity contribution in [3.63, 3.8) is 0 Å². The summed E-state index contributed by atoms with van der Waals surface area (Å²) in [7, 11) is 3.33. The van der Waals surface area contributed by atoms with Crippen LogP contribution < -0.4 is 15.0 Å². The Bertz CT molecular complexity index is 830. The molecule has 0 aliphatic carbocycles. The summed E-state index contributed by atoms with van der Waals surface area (Å²) in [5.74, 6) is 2.36. The van der Waals surface area contributed by atoms with Crippen LogP contribution in [0.3, 0.4) is 0 Å². The summed E-state index contributed by atoms with van der Waals surface area (Å²) in [6.45, 7) is 8.37. The molecule has 1 N–H and O–H groups in total. The minimum Gasteiger partial charge on any atom is -0.486 e. The van der Waals surface area contributed by atoms with Crippen LogP contribution in [0.4, 0.5) is 10.7 Å². The van der Waals surface area contributed by atoms with Gasteiger partial charge in [-0.05, 0) is 37.1 Å². The molecule has 1 saturated heterocycles. The molecule has 1 aromatic heterocycles. The van der Waals surface area contributed by atoms with Crippen molar-refractivity contribution in [1.29, 1.82) is 0 Å². The van der Waals surface area contributed by atoms with E-state index in [0.29, 0.717) is 45.9 Å². The number of urea groups is 1. The van der Waals surface area contributed by atoms with Gasteiger partial charge in [-0.15, -0.1) is 10.2 Å². The minimum atomic E-state index is -0.0482. The van der Waals surface area contributed by atoms with Gasteiger partial charge in [0.15, 0.2) is 5.82 Å². The largest absolute Gasteiger partial charge is 0.486 e. The molecular weight excluding hydrogens is 372 g/mol. The Labute approximate surface area is 171 Å². The van der Waals surface area contributed by atoms with E-state index in [-0.39, 0.29) is 6.03 Å². The molecule has 1 aromatic carbocycles. The highest BCUT2D eigenvalue weighted by Gasteiger charge is 2.25. The van der Waals surface area contributed by atoms with Gasteiger partial charge in [0.1, 0.15) is 12.4 Å². The van der Waals surface area contributed by atoms with Gasteiger partial charge in [0.25, 0.3) is 0 Å². The monoisotopic (exact) mass is 402 g/mol. The van der Waals surface area contributed by atoms with Gasteiger partial charge >= 0.3 is 6.03 Å². The van der Waals surface area contributed by atoms with E-state index in [1.54, 1.807) is 19.1 Å². The second-order valence-corrected chi connectivity index (χ2v) is 7.12. The molecule has 0 radical (unpaired) electrons. The lowest BCUT2D eigenvalue weighted by atomic mass is 10.1. The molecule has 0 unspecified atom stereocenters. The molecule has 158 valence electrons. The SMILES string of the molecule is CNC(=O)N1CCN(c2nnc(COc3ccc(C)c(C)c3)n2CCOC)CC1. The lowest BCUT2D eigenvalue weighted by Gasteiger charge is -2.35. The molecule has 2 amide bonds. The number of rotatable bonds is 7. The number of aryl methyl sites for hydroxylation is 2. The number of anilines is 1. The van der Waals surface area contributed by atoms with Crippen LogP contribution in [0.15, 0.2) is 18.2 Å². The molecule has 1 aliphatic heterocycles. The van der Waals surface area contributed by atoms with Crippen molar-refractivity contribution < 1.29 is 14.3 Å². The Morgan fingerprint density at radius 2 is 1.90 bits per heavy atom. The van der Waals surface area contributed by atoms with Crippen LogP contribution in [0.5, 0.6) is 5.75 Å². The Hall–Kier alpha value is -2.81. The highest BCUT2D eigenvalue weighted by atomic mass is 16.5. The summed E-state index contributed by atoms with van der Waals surface area (Å²) in [4.78, 5) is 15.8. The Kier molecular flexibility index (Phi) is 6.92. The number of carbonyl (C=O) groups is 1. The van der Waals surface area contributed by atoms with E-state index in [1.807, 2.05) is 16.7 Å². The molecule has 2 heterocycles. The first kappa shape index (κ1) is 20.9. The van der Waals surface area contributed by atoms with E-state index in [0.717, 1.165) is 17.5 Å². The summed E-state index contributed by atoms with van der Waals surface area (Å²) in [6.07, 6.45) is 0. The Morgan fingerprint density at radius 3 is 2.55 bits per heavy atom. The topological polar surface area (TPSA) is 84.8 Å². The van der Waals surface area contributed by atoms with Crippen LogP contribution in [-0.4, -0.2) is 72.6 Å². The molecule has 2 aromatic rings. The predicted octanol–water partition coefficient (Wildman–Crippen LogP) is 1.58. The van der Waals surface area contributed by atoms with Crippen LogP contribution in [0.25, 0.3) is 0 Å². The lowest BCUT2D eigenvalue weighted by molar-refractivity contribution is 0.183. The van der Waals surface area contributed by atoms with Crippen LogP contribution in [0, 0.1) is 13.8 Å². The second kappa shape index (κ2) is 9.60. The summed E-state index contributed by atoms with van der Waals surface area (Å²) < 4.78 is 13.3. The van der Waals surface area contributed by atoms with Crippen molar-refractivity contribution >= 4 is 12.0 Å². The van der Waals surface area contributed by atoms with E-state index < -0.39 is 0 Å². The van der Waals surface area contributed by atoms with Gasteiger partial charge in [0, 0.05) is 40.3 Å². The number of piperazine rings is 1. The number of nitrogens with zero attached hydrogens (tertiary/aromatic N) is 5. The number of hydrogen-bond donors (Lipinski definition) is 1. The van der Waals surface area contributed by atoms with Crippen LogP contribution in [0.2, 0.25) is 0 Å². The maximum atomic E-state index is 11.8. The fourth-order valence-corrected chi connectivity index (χ4v) is 3.30. The van der Waals surface area contributed by atoms with Crippen LogP contribution in [-0.2, 0) is 17.9 Å². The van der Waals surface area contributed by atoms with Gasteiger partial charge < -0.3 is 24.6 Å². The number of ether oxygens (including phenoxy) is 2. The molecule has 1 aliphatic rings. The Morgan fingerprint density at radius 1 is 1.14 bits per heavy atom. The minimum absolute atomic E-state index is 0.0482. The molecule has 0 saturated carbocycles. The maximum Gasteiger partial charge on any atom is 0.317 e. The molecule has 0 bridgehead atoms. The zero-order valence-corrected chi connectivity index (χ0v) is 17.6. The highest BCUT2D eigenvalue weighted by molar-refractivity contribution is 5.74. The van der Waals surface area contributed by atoms with Crippen molar-refractivity contribution in [3.05, 3.63) is 35.2 Å². The highest BCUT2D eigenvalue weighted by Crippen LogP contribution is 2.20. The standard InChI is InChI=1S/C20H30N6O3/c1-15-5-6-17(13-16(15)2)29-14-18-22-23-19(26(18)11-12-28-4)24-7-9-25(10-8-24)20(27)21-3/h5-6,13H,7-12,14H2,1-4H3,(H,21,27). The van der Waals surface area contributed by atoms with Crippen LogP contribution in [0.1, 0.15) is 17.0 Å². The van der Waals surface area contributed by atoms with Gasteiger partial charge in [-0.3, -0.25) is 4.57 Å². The van der Waals surface area contributed by atoms with Crippen molar-refractivity contribution in [1.82, 2.24) is 25.0 Å². The smallest absolute Gasteiger partial charge is 0.317 e. The lowest BCUT2D eigenvalue weighted by Crippen LogP contribution is -2.51. The molecular formula is C20H30N6O3. The van der Waals surface area contributed by atoms with Crippen molar-refractivity contribution in [2.75, 3.05) is 51.8 Å². The average Bonchev–Trinajstić information content (AvgIpc) is 3.15. The third-order valence-electron chi connectivity index (χ3n) is 5.24. The number of hydrogen-bond acceptors (Lipinski definition) is 6. The normalized spacial score (nSPS) is 14.2. The molecule has 0 atom stereocenters.